The normalized spacial score (nSPS) is 23.6. The summed E-state index contributed by atoms with van der Waals surface area (Å²) in [6, 6.07) is 7.73. The Morgan fingerprint density at radius 3 is 3.17 bits per heavy atom. The molecule has 0 bridgehead atoms. The molecule has 1 saturated heterocycles. The van der Waals surface area contributed by atoms with Crippen molar-refractivity contribution in [3.63, 3.8) is 0 Å². The van der Waals surface area contributed by atoms with Crippen molar-refractivity contribution >= 4 is 23.3 Å². The molecule has 29 heavy (non-hydrogen) atoms. The number of carbonyl (C=O) groups is 1. The molecule has 2 aromatic rings. The number of amides is 1. The van der Waals surface area contributed by atoms with Crippen LogP contribution in [0.4, 0.5) is 5.82 Å². The van der Waals surface area contributed by atoms with E-state index < -0.39 is 0 Å². The van der Waals surface area contributed by atoms with Crippen LogP contribution in [0.15, 0.2) is 30.5 Å². The summed E-state index contributed by atoms with van der Waals surface area (Å²) in [5.74, 6) is 2.04. The summed E-state index contributed by atoms with van der Waals surface area (Å²) >= 11 is 5.92. The number of hydrogen-bond acceptors (Lipinski definition) is 6. The van der Waals surface area contributed by atoms with Gasteiger partial charge in [-0.2, -0.15) is 5.10 Å². The quantitative estimate of drug-likeness (QED) is 0.511. The van der Waals surface area contributed by atoms with Gasteiger partial charge in [0.25, 0.3) is 5.91 Å². The number of hydrazine groups is 1. The Morgan fingerprint density at radius 2 is 2.31 bits per heavy atom. The van der Waals surface area contributed by atoms with Gasteiger partial charge in [0.15, 0.2) is 0 Å². The molecule has 1 saturated carbocycles. The van der Waals surface area contributed by atoms with Gasteiger partial charge in [0.1, 0.15) is 23.7 Å². The van der Waals surface area contributed by atoms with Crippen molar-refractivity contribution in [2.45, 2.75) is 31.8 Å². The van der Waals surface area contributed by atoms with Crippen LogP contribution in [0.5, 0.6) is 5.75 Å². The largest absolute Gasteiger partial charge is 0.492 e. The smallest absolute Gasteiger partial charge is 0.256 e. The molecule has 8 nitrogen and oxygen atoms in total. The third kappa shape index (κ3) is 4.83. The van der Waals surface area contributed by atoms with Crippen molar-refractivity contribution in [3.8, 4) is 5.75 Å². The minimum Gasteiger partial charge on any atom is -0.492 e. The maximum atomic E-state index is 12.4. The van der Waals surface area contributed by atoms with E-state index in [0.29, 0.717) is 53.2 Å². The number of nitrogens with two attached hydrogens (primary N) is 1. The summed E-state index contributed by atoms with van der Waals surface area (Å²) in [4.78, 5) is 12.4. The lowest BCUT2D eigenvalue weighted by atomic mass is 9.79. The van der Waals surface area contributed by atoms with E-state index in [2.05, 4.69) is 21.3 Å². The van der Waals surface area contributed by atoms with Gasteiger partial charge >= 0.3 is 0 Å². The van der Waals surface area contributed by atoms with E-state index in [9.17, 15) is 4.79 Å². The van der Waals surface area contributed by atoms with Crippen molar-refractivity contribution in [3.05, 3.63) is 41.0 Å². The highest BCUT2D eigenvalue weighted by atomic mass is 35.5. The van der Waals surface area contributed by atoms with Gasteiger partial charge in [-0.15, -0.1) is 0 Å². The average molecular weight is 419 g/mol. The van der Waals surface area contributed by atoms with Gasteiger partial charge in [0.2, 0.25) is 0 Å². The molecule has 3 unspecified atom stereocenters. The summed E-state index contributed by atoms with van der Waals surface area (Å²) in [5.41, 5.74) is 13.2. The minimum atomic E-state index is -0.239. The van der Waals surface area contributed by atoms with Crippen molar-refractivity contribution in [2.24, 2.45) is 11.8 Å². The zero-order valence-corrected chi connectivity index (χ0v) is 17.0. The third-order valence-electron chi connectivity index (χ3n) is 5.75. The molecular weight excluding hydrogens is 392 g/mol. The second-order valence-electron chi connectivity index (χ2n) is 7.76. The highest BCUT2D eigenvalue weighted by Crippen LogP contribution is 2.32. The number of nitrogen functional groups attached to an aromatic ring is 1. The predicted molar refractivity (Wildman–Crippen MR) is 112 cm³/mol. The van der Waals surface area contributed by atoms with Gasteiger partial charge in [0.05, 0.1) is 12.7 Å². The van der Waals surface area contributed by atoms with Crippen LogP contribution in [0.25, 0.3) is 0 Å². The molecule has 1 aromatic carbocycles. The lowest BCUT2D eigenvalue weighted by molar-refractivity contribution is 0.0947. The first-order valence-electron chi connectivity index (χ1n) is 10.1. The Kier molecular flexibility index (Phi) is 6.22. The summed E-state index contributed by atoms with van der Waals surface area (Å²) < 4.78 is 7.34. The third-order valence-corrected chi connectivity index (χ3v) is 5.99. The van der Waals surface area contributed by atoms with Gasteiger partial charge in [-0.05, 0) is 49.3 Å². The number of carbonyl (C=O) groups excluding carboxylic acids is 1. The lowest BCUT2D eigenvalue weighted by Gasteiger charge is -2.30. The van der Waals surface area contributed by atoms with E-state index in [1.165, 1.54) is 0 Å². The second-order valence-corrected chi connectivity index (χ2v) is 8.19. The van der Waals surface area contributed by atoms with E-state index >= 15 is 0 Å². The fourth-order valence-electron chi connectivity index (χ4n) is 4.21. The molecule has 1 aliphatic carbocycles. The highest BCUT2D eigenvalue weighted by molar-refractivity contribution is 6.30. The zero-order valence-electron chi connectivity index (χ0n) is 16.2. The molecule has 0 radical (unpaired) electrons. The lowest BCUT2D eigenvalue weighted by Crippen LogP contribution is -2.36. The Bertz CT molecular complexity index is 857. The van der Waals surface area contributed by atoms with Crippen LogP contribution in [-0.2, 0) is 6.54 Å². The number of anilines is 1. The summed E-state index contributed by atoms with van der Waals surface area (Å²) in [7, 11) is 0. The van der Waals surface area contributed by atoms with E-state index in [4.69, 9.17) is 22.1 Å². The Morgan fingerprint density at radius 1 is 1.41 bits per heavy atom. The van der Waals surface area contributed by atoms with E-state index in [1.807, 2.05) is 12.1 Å². The summed E-state index contributed by atoms with van der Waals surface area (Å²) in [5, 5.41) is 7.79. The van der Waals surface area contributed by atoms with Crippen LogP contribution < -0.4 is 26.6 Å². The molecule has 1 aromatic heterocycles. The van der Waals surface area contributed by atoms with Gasteiger partial charge in [-0.25, -0.2) is 4.68 Å². The first-order chi connectivity index (χ1) is 14.1. The summed E-state index contributed by atoms with van der Waals surface area (Å²) in [6.07, 6.45) is 4.99. The van der Waals surface area contributed by atoms with E-state index in [0.717, 1.165) is 32.4 Å². The van der Waals surface area contributed by atoms with Crippen LogP contribution in [0.1, 0.15) is 29.6 Å². The number of halogens is 1. The van der Waals surface area contributed by atoms with Gasteiger partial charge < -0.3 is 15.8 Å². The Labute approximate surface area is 175 Å². The van der Waals surface area contributed by atoms with Crippen LogP contribution in [0.2, 0.25) is 5.02 Å². The fourth-order valence-corrected chi connectivity index (χ4v) is 4.39. The number of fused-ring (bicyclic) bond motifs is 1. The number of benzene rings is 1. The van der Waals surface area contributed by atoms with Crippen molar-refractivity contribution in [1.29, 1.82) is 0 Å². The fraction of sp³-hybridized carbons (Fsp3) is 0.500. The number of ether oxygens (including phenoxy) is 1. The number of aromatic nitrogens is 2. The molecule has 9 heteroatoms. The molecular formula is C20H27ClN6O2. The maximum absolute atomic E-state index is 12.4. The van der Waals surface area contributed by atoms with Crippen molar-refractivity contribution in [2.75, 3.05) is 25.4 Å². The topological polar surface area (TPSA) is 106 Å². The Balaban J connectivity index is 1.25. The zero-order chi connectivity index (χ0) is 20.2. The van der Waals surface area contributed by atoms with Crippen LogP contribution >= 0.6 is 11.6 Å². The van der Waals surface area contributed by atoms with E-state index in [-0.39, 0.29) is 5.91 Å². The van der Waals surface area contributed by atoms with Crippen molar-refractivity contribution < 1.29 is 9.53 Å². The summed E-state index contributed by atoms with van der Waals surface area (Å²) in [6.45, 7) is 2.47. The predicted octanol–water partition coefficient (Wildman–Crippen LogP) is 1.82. The minimum absolute atomic E-state index is 0.239. The van der Waals surface area contributed by atoms with Crippen LogP contribution in [0, 0.1) is 11.8 Å². The molecule has 156 valence electrons. The molecule has 3 atom stereocenters. The number of nitrogens with zero attached hydrogens (tertiary/aromatic N) is 2. The number of hydrogen-bond donors (Lipinski definition) is 4. The van der Waals surface area contributed by atoms with Gasteiger partial charge in [-0.1, -0.05) is 17.7 Å². The van der Waals surface area contributed by atoms with Gasteiger partial charge in [-0.3, -0.25) is 15.6 Å². The molecule has 4 rings (SSSR count). The molecule has 2 fully saturated rings. The first kappa shape index (κ1) is 20.0. The molecule has 5 N–H and O–H groups in total. The molecule has 0 spiro atoms. The van der Waals surface area contributed by atoms with Gasteiger partial charge in [0, 0.05) is 24.2 Å². The highest BCUT2D eigenvalue weighted by Gasteiger charge is 2.34. The van der Waals surface area contributed by atoms with Crippen LogP contribution in [0.3, 0.4) is 0 Å². The molecule has 2 aliphatic rings. The van der Waals surface area contributed by atoms with E-state index in [1.54, 1.807) is 23.0 Å². The monoisotopic (exact) mass is 418 g/mol. The standard InChI is InChI=1S/C20H27ClN6O2/c21-15-2-1-3-16(9-15)29-7-6-23-20(28)17-11-25-27(19(17)22)12-13-4-5-18-14(8-13)10-24-26-18/h1-3,9,11,13-14,18,24,26H,4-8,10,12,22H2,(H,23,28). The molecule has 1 amide bonds. The van der Waals surface area contributed by atoms with Crippen molar-refractivity contribution in [1.82, 2.24) is 25.9 Å². The first-order valence-corrected chi connectivity index (χ1v) is 10.4. The molecule has 1 aliphatic heterocycles. The Hall–Kier alpha value is -2.29. The number of rotatable bonds is 7. The molecule has 2 heterocycles. The SMILES string of the molecule is Nc1c(C(=O)NCCOc2cccc(Cl)c2)cnn1CC1CCC2NNCC2C1. The maximum Gasteiger partial charge on any atom is 0.256 e. The average Bonchev–Trinajstić information content (AvgIpc) is 3.32. The number of nitrogens with one attached hydrogen (secondary N) is 3. The van der Waals surface area contributed by atoms with Crippen LogP contribution in [-0.4, -0.2) is 41.4 Å². The second kappa shape index (κ2) is 9.02.